The molecule has 0 aliphatic rings. The molecule has 2 nitrogen and oxygen atoms in total. The Labute approximate surface area is 122 Å². The number of para-hydroxylation sites is 2. The number of thiocarbonyl (C=S) groups is 1. The summed E-state index contributed by atoms with van der Waals surface area (Å²) in [5.41, 5.74) is 1.57. The van der Waals surface area contributed by atoms with Crippen LogP contribution in [0.2, 0.25) is 5.02 Å². The summed E-state index contributed by atoms with van der Waals surface area (Å²) in [6, 6.07) is 14.9. The van der Waals surface area contributed by atoms with Gasteiger partial charge in [0.15, 0.2) is 5.11 Å². The third-order valence-electron chi connectivity index (χ3n) is 2.26. The second kappa shape index (κ2) is 6.00. The van der Waals surface area contributed by atoms with Gasteiger partial charge in [-0.1, -0.05) is 41.9 Å². The maximum Gasteiger partial charge on any atom is 0.175 e. The molecule has 0 radical (unpaired) electrons. The van der Waals surface area contributed by atoms with E-state index in [1.54, 1.807) is 6.07 Å². The molecule has 0 aliphatic heterocycles. The lowest BCUT2D eigenvalue weighted by atomic mass is 10.3. The van der Waals surface area contributed by atoms with Crippen molar-refractivity contribution in [3.63, 3.8) is 0 Å². The summed E-state index contributed by atoms with van der Waals surface area (Å²) >= 11 is 16.4. The van der Waals surface area contributed by atoms with E-state index in [4.69, 9.17) is 36.4 Å². The van der Waals surface area contributed by atoms with Crippen molar-refractivity contribution in [3.05, 3.63) is 53.6 Å². The van der Waals surface area contributed by atoms with Gasteiger partial charge in [0.05, 0.1) is 10.7 Å². The number of anilines is 2. The van der Waals surface area contributed by atoms with Gasteiger partial charge in [0.2, 0.25) is 0 Å². The summed E-state index contributed by atoms with van der Waals surface area (Å²) in [7, 11) is 0. The monoisotopic (exact) mass is 293 g/mol. The molecule has 18 heavy (non-hydrogen) atoms. The third kappa shape index (κ3) is 3.32. The zero-order valence-electron chi connectivity index (χ0n) is 9.31. The van der Waals surface area contributed by atoms with Crippen molar-refractivity contribution in [3.8, 4) is 0 Å². The van der Waals surface area contributed by atoms with Gasteiger partial charge in [0.25, 0.3) is 0 Å². The summed E-state index contributed by atoms with van der Waals surface area (Å²) in [4.78, 5) is 0.723. The van der Waals surface area contributed by atoms with Gasteiger partial charge in [-0.3, -0.25) is 0 Å². The summed E-state index contributed by atoms with van der Waals surface area (Å²) in [5.74, 6) is 0. The van der Waals surface area contributed by atoms with Crippen molar-refractivity contribution in [1.82, 2.24) is 0 Å². The standard InChI is InChI=1S/C13H11ClN2S2/c14-9-5-1-2-6-10(9)15-13(18)16-11-7-3-4-8-12(11)17/h1-8,17H,(H2,15,16,18)/p-1. The Bertz CT molecular complexity index is 523. The van der Waals surface area contributed by atoms with Crippen LogP contribution in [0.5, 0.6) is 0 Å². The third-order valence-corrected chi connectivity index (χ3v) is 3.15. The Hall–Kier alpha value is -1.36. The van der Waals surface area contributed by atoms with Crippen LogP contribution in [0.1, 0.15) is 0 Å². The summed E-state index contributed by atoms with van der Waals surface area (Å²) in [6.45, 7) is 0. The van der Waals surface area contributed by atoms with E-state index in [0.29, 0.717) is 10.1 Å². The minimum absolute atomic E-state index is 0.459. The number of nitrogens with one attached hydrogen (secondary N) is 2. The number of halogens is 1. The van der Waals surface area contributed by atoms with Crippen LogP contribution in [0, 0.1) is 0 Å². The molecule has 5 heteroatoms. The molecule has 0 unspecified atom stereocenters. The lowest BCUT2D eigenvalue weighted by molar-refractivity contribution is 1.45. The maximum absolute atomic E-state index is 6.03. The zero-order chi connectivity index (χ0) is 13.0. The molecule has 2 aromatic rings. The number of rotatable bonds is 2. The molecular formula is C13H10ClN2S2-. The molecular weight excluding hydrogens is 284 g/mol. The van der Waals surface area contributed by atoms with Crippen molar-refractivity contribution >= 4 is 52.9 Å². The highest BCUT2D eigenvalue weighted by Crippen LogP contribution is 2.21. The van der Waals surface area contributed by atoms with Crippen molar-refractivity contribution in [1.29, 1.82) is 0 Å². The van der Waals surface area contributed by atoms with Gasteiger partial charge < -0.3 is 23.3 Å². The molecule has 0 saturated carbocycles. The van der Waals surface area contributed by atoms with Crippen molar-refractivity contribution < 1.29 is 0 Å². The van der Waals surface area contributed by atoms with Gasteiger partial charge in [0, 0.05) is 5.69 Å². The average molecular weight is 294 g/mol. The first-order chi connectivity index (χ1) is 8.66. The van der Waals surface area contributed by atoms with E-state index >= 15 is 0 Å². The van der Waals surface area contributed by atoms with E-state index in [1.165, 1.54) is 0 Å². The molecule has 2 N–H and O–H groups in total. The van der Waals surface area contributed by atoms with Crippen LogP contribution in [0.15, 0.2) is 53.4 Å². The largest absolute Gasteiger partial charge is 0.778 e. The molecule has 0 saturated heterocycles. The van der Waals surface area contributed by atoms with E-state index in [9.17, 15) is 0 Å². The molecule has 0 heterocycles. The highest BCUT2D eigenvalue weighted by molar-refractivity contribution is 7.80. The van der Waals surface area contributed by atoms with Crippen LogP contribution in [0.25, 0.3) is 0 Å². The zero-order valence-corrected chi connectivity index (χ0v) is 11.7. The molecule has 2 aromatic carbocycles. The predicted molar refractivity (Wildman–Crippen MR) is 83.4 cm³/mol. The fourth-order valence-corrected chi connectivity index (χ4v) is 2.01. The SMILES string of the molecule is S=C(Nc1ccccc1[S-])Nc1ccccc1Cl. The Balaban J connectivity index is 2.06. The fraction of sp³-hybridized carbons (Fsp3) is 0. The minimum Gasteiger partial charge on any atom is -0.778 e. The number of hydrogen-bond acceptors (Lipinski definition) is 2. The van der Waals surface area contributed by atoms with E-state index in [2.05, 4.69) is 10.6 Å². The highest BCUT2D eigenvalue weighted by atomic mass is 35.5. The van der Waals surface area contributed by atoms with Crippen LogP contribution >= 0.6 is 23.8 Å². The van der Waals surface area contributed by atoms with Gasteiger partial charge in [0.1, 0.15) is 0 Å². The molecule has 0 aromatic heterocycles. The molecule has 0 fully saturated rings. The van der Waals surface area contributed by atoms with Gasteiger partial charge in [-0.2, -0.15) is 4.90 Å². The molecule has 0 atom stereocenters. The van der Waals surface area contributed by atoms with Crippen LogP contribution in [-0.4, -0.2) is 5.11 Å². The van der Waals surface area contributed by atoms with Crippen LogP contribution < -0.4 is 10.6 Å². The Kier molecular flexibility index (Phi) is 4.36. The lowest BCUT2D eigenvalue weighted by Gasteiger charge is -2.17. The van der Waals surface area contributed by atoms with E-state index < -0.39 is 0 Å². The van der Waals surface area contributed by atoms with Crippen LogP contribution in [0.4, 0.5) is 11.4 Å². The summed E-state index contributed by atoms with van der Waals surface area (Å²) in [6.07, 6.45) is 0. The Morgan fingerprint density at radius 1 is 0.944 bits per heavy atom. The first-order valence-corrected chi connectivity index (χ1v) is 6.45. The first kappa shape index (κ1) is 13.1. The van der Waals surface area contributed by atoms with E-state index in [0.717, 1.165) is 16.3 Å². The van der Waals surface area contributed by atoms with Gasteiger partial charge in [-0.05, 0) is 30.4 Å². The quantitative estimate of drug-likeness (QED) is 0.644. The average Bonchev–Trinajstić information content (AvgIpc) is 2.35. The van der Waals surface area contributed by atoms with E-state index in [1.807, 2.05) is 42.5 Å². The minimum atomic E-state index is 0.459. The number of hydrogen-bond donors (Lipinski definition) is 2. The maximum atomic E-state index is 6.03. The number of benzene rings is 2. The summed E-state index contributed by atoms with van der Waals surface area (Å²) < 4.78 is 0. The van der Waals surface area contributed by atoms with Crippen molar-refractivity contribution in [2.24, 2.45) is 0 Å². The molecule has 0 aliphatic carbocycles. The molecule has 92 valence electrons. The second-order valence-electron chi connectivity index (χ2n) is 3.56. The fourth-order valence-electron chi connectivity index (χ4n) is 1.41. The van der Waals surface area contributed by atoms with E-state index in [-0.39, 0.29) is 0 Å². The molecule has 0 bridgehead atoms. The lowest BCUT2D eigenvalue weighted by Crippen LogP contribution is -2.19. The van der Waals surface area contributed by atoms with Gasteiger partial charge in [-0.25, -0.2) is 0 Å². The Morgan fingerprint density at radius 3 is 2.17 bits per heavy atom. The first-order valence-electron chi connectivity index (χ1n) is 5.25. The van der Waals surface area contributed by atoms with Crippen molar-refractivity contribution in [2.45, 2.75) is 4.90 Å². The topological polar surface area (TPSA) is 24.1 Å². The van der Waals surface area contributed by atoms with Crippen LogP contribution in [0.3, 0.4) is 0 Å². The molecule has 2 rings (SSSR count). The van der Waals surface area contributed by atoms with Gasteiger partial charge in [-0.15, -0.1) is 0 Å². The highest BCUT2D eigenvalue weighted by Gasteiger charge is 2.01. The summed E-state index contributed by atoms with van der Waals surface area (Å²) in [5, 5.41) is 7.15. The molecule has 0 spiro atoms. The predicted octanol–water partition coefficient (Wildman–Crippen LogP) is 4.05. The second-order valence-corrected chi connectivity index (χ2v) is 4.81. The normalized spacial score (nSPS) is 9.83. The Morgan fingerprint density at radius 2 is 1.50 bits per heavy atom. The van der Waals surface area contributed by atoms with Crippen LogP contribution in [-0.2, 0) is 12.6 Å². The molecule has 0 amide bonds. The van der Waals surface area contributed by atoms with Crippen molar-refractivity contribution in [2.75, 3.05) is 10.6 Å². The van der Waals surface area contributed by atoms with Gasteiger partial charge >= 0.3 is 0 Å². The smallest absolute Gasteiger partial charge is 0.175 e.